The van der Waals surface area contributed by atoms with Gasteiger partial charge in [-0.1, -0.05) is 6.92 Å². The van der Waals surface area contributed by atoms with Gasteiger partial charge in [-0.25, -0.2) is 4.98 Å². The lowest BCUT2D eigenvalue weighted by molar-refractivity contribution is -0.136. The normalized spacial score (nSPS) is 13.5. The number of anilines is 1. The Morgan fingerprint density at radius 3 is 2.63 bits per heavy atom. The highest BCUT2D eigenvalue weighted by molar-refractivity contribution is 5.46. The Bertz CT molecular complexity index is 384. The first-order valence-electron chi connectivity index (χ1n) is 6.36. The van der Waals surface area contributed by atoms with Crippen molar-refractivity contribution >= 4 is 5.82 Å². The molecule has 0 radical (unpaired) electrons. The molecule has 1 unspecified atom stereocenters. The molecular formula is C13H20F3N3. The molecule has 0 aliphatic heterocycles. The molecular weight excluding hydrogens is 255 g/mol. The van der Waals surface area contributed by atoms with Crippen molar-refractivity contribution in [2.75, 3.05) is 12.3 Å². The van der Waals surface area contributed by atoms with Gasteiger partial charge in [0.05, 0.1) is 0 Å². The standard InChI is InChI=1S/C13H20F3N3/c1-3-7-18-10(4-6-13(14,15)16)11-9(2)5-8-19-12(11)17/h5,8,10,18H,3-4,6-7H2,1-2H3,(H2,17,19). The summed E-state index contributed by atoms with van der Waals surface area (Å²) in [5.74, 6) is 0.302. The first-order chi connectivity index (χ1) is 8.85. The van der Waals surface area contributed by atoms with E-state index in [4.69, 9.17) is 5.73 Å². The van der Waals surface area contributed by atoms with Gasteiger partial charge in [-0.15, -0.1) is 0 Å². The number of hydrogen-bond acceptors (Lipinski definition) is 3. The molecule has 108 valence electrons. The van der Waals surface area contributed by atoms with E-state index in [0.717, 1.165) is 12.0 Å². The Morgan fingerprint density at radius 1 is 1.42 bits per heavy atom. The number of halogens is 3. The predicted molar refractivity (Wildman–Crippen MR) is 69.7 cm³/mol. The van der Waals surface area contributed by atoms with Crippen LogP contribution in [-0.4, -0.2) is 17.7 Å². The van der Waals surface area contributed by atoms with Crippen LogP contribution in [0.2, 0.25) is 0 Å². The van der Waals surface area contributed by atoms with Gasteiger partial charge in [-0.05, 0) is 37.9 Å². The van der Waals surface area contributed by atoms with Crippen molar-refractivity contribution in [2.45, 2.75) is 45.3 Å². The van der Waals surface area contributed by atoms with Crippen LogP contribution in [0.5, 0.6) is 0 Å². The van der Waals surface area contributed by atoms with E-state index >= 15 is 0 Å². The van der Waals surface area contributed by atoms with E-state index in [1.54, 1.807) is 12.3 Å². The molecule has 0 spiro atoms. The van der Waals surface area contributed by atoms with Gasteiger partial charge in [0, 0.05) is 24.2 Å². The Hall–Kier alpha value is -1.30. The minimum absolute atomic E-state index is 0.0275. The molecule has 3 N–H and O–H groups in total. The van der Waals surface area contributed by atoms with Crippen LogP contribution in [0, 0.1) is 6.92 Å². The van der Waals surface area contributed by atoms with Gasteiger partial charge in [0.25, 0.3) is 0 Å². The van der Waals surface area contributed by atoms with Gasteiger partial charge in [0.1, 0.15) is 5.82 Å². The van der Waals surface area contributed by atoms with Gasteiger partial charge >= 0.3 is 6.18 Å². The van der Waals surface area contributed by atoms with E-state index in [0.29, 0.717) is 17.9 Å². The smallest absolute Gasteiger partial charge is 0.383 e. The van der Waals surface area contributed by atoms with Crippen LogP contribution in [0.3, 0.4) is 0 Å². The molecule has 1 atom stereocenters. The number of aromatic nitrogens is 1. The molecule has 1 heterocycles. The Morgan fingerprint density at radius 2 is 2.11 bits per heavy atom. The first kappa shape index (κ1) is 15.8. The second kappa shape index (κ2) is 6.75. The highest BCUT2D eigenvalue weighted by atomic mass is 19.4. The molecule has 0 bridgehead atoms. The molecule has 0 saturated carbocycles. The van der Waals surface area contributed by atoms with Crippen LogP contribution in [0.25, 0.3) is 0 Å². The predicted octanol–water partition coefficient (Wildman–Crippen LogP) is 3.36. The topological polar surface area (TPSA) is 50.9 Å². The van der Waals surface area contributed by atoms with Crippen LogP contribution in [0.15, 0.2) is 12.3 Å². The third-order valence-electron chi connectivity index (χ3n) is 2.94. The third-order valence-corrected chi connectivity index (χ3v) is 2.94. The zero-order valence-corrected chi connectivity index (χ0v) is 11.2. The van der Waals surface area contributed by atoms with Gasteiger partial charge in [0.15, 0.2) is 0 Å². The summed E-state index contributed by atoms with van der Waals surface area (Å²) in [6.07, 6.45) is -2.60. The van der Waals surface area contributed by atoms with Crippen LogP contribution < -0.4 is 11.1 Å². The number of nitrogens with zero attached hydrogens (tertiary/aromatic N) is 1. The number of nitrogens with one attached hydrogen (secondary N) is 1. The van der Waals surface area contributed by atoms with Gasteiger partial charge in [-0.2, -0.15) is 13.2 Å². The van der Waals surface area contributed by atoms with Crippen molar-refractivity contribution in [2.24, 2.45) is 0 Å². The minimum atomic E-state index is -4.16. The highest BCUT2D eigenvalue weighted by Gasteiger charge is 2.29. The number of hydrogen-bond donors (Lipinski definition) is 2. The molecule has 19 heavy (non-hydrogen) atoms. The lowest BCUT2D eigenvalue weighted by atomic mass is 9.98. The molecule has 0 aliphatic carbocycles. The van der Waals surface area contributed by atoms with Crippen molar-refractivity contribution in [3.63, 3.8) is 0 Å². The summed E-state index contributed by atoms with van der Waals surface area (Å²) in [6, 6.07) is 1.36. The fourth-order valence-electron chi connectivity index (χ4n) is 2.02. The molecule has 3 nitrogen and oxygen atoms in total. The second-order valence-corrected chi connectivity index (χ2v) is 4.59. The van der Waals surface area contributed by atoms with E-state index in [2.05, 4.69) is 10.3 Å². The van der Waals surface area contributed by atoms with Crippen LogP contribution in [-0.2, 0) is 0 Å². The number of alkyl halides is 3. The maximum Gasteiger partial charge on any atom is 0.389 e. The van der Waals surface area contributed by atoms with Crippen molar-refractivity contribution < 1.29 is 13.2 Å². The number of aryl methyl sites for hydroxylation is 1. The minimum Gasteiger partial charge on any atom is -0.383 e. The summed E-state index contributed by atoms with van der Waals surface area (Å²) in [5, 5.41) is 3.12. The zero-order valence-electron chi connectivity index (χ0n) is 11.2. The maximum absolute atomic E-state index is 12.4. The van der Waals surface area contributed by atoms with E-state index in [1.807, 2.05) is 13.8 Å². The summed E-state index contributed by atoms with van der Waals surface area (Å²) in [5.41, 5.74) is 7.35. The molecule has 0 fully saturated rings. The summed E-state index contributed by atoms with van der Waals surface area (Å²) in [7, 11) is 0. The third kappa shape index (κ3) is 5.06. The zero-order chi connectivity index (χ0) is 14.5. The summed E-state index contributed by atoms with van der Waals surface area (Å²) in [4.78, 5) is 3.97. The Kier molecular flexibility index (Phi) is 5.60. The average molecular weight is 275 g/mol. The van der Waals surface area contributed by atoms with Gasteiger partial charge in [-0.3, -0.25) is 0 Å². The number of pyridine rings is 1. The molecule has 1 rings (SSSR count). The van der Waals surface area contributed by atoms with Gasteiger partial charge in [0.2, 0.25) is 0 Å². The molecule has 1 aromatic rings. The quantitative estimate of drug-likeness (QED) is 0.837. The summed E-state index contributed by atoms with van der Waals surface area (Å²) < 4.78 is 37.1. The maximum atomic E-state index is 12.4. The van der Waals surface area contributed by atoms with Crippen LogP contribution in [0.4, 0.5) is 19.0 Å². The number of nitrogen functional groups attached to an aromatic ring is 1. The van der Waals surface area contributed by atoms with E-state index in [1.165, 1.54) is 0 Å². The van der Waals surface area contributed by atoms with Crippen molar-refractivity contribution in [1.29, 1.82) is 0 Å². The monoisotopic (exact) mass is 275 g/mol. The van der Waals surface area contributed by atoms with Crippen molar-refractivity contribution in [3.8, 4) is 0 Å². The summed E-state index contributed by atoms with van der Waals surface area (Å²) in [6.45, 7) is 4.45. The second-order valence-electron chi connectivity index (χ2n) is 4.59. The van der Waals surface area contributed by atoms with E-state index in [-0.39, 0.29) is 6.42 Å². The van der Waals surface area contributed by atoms with Crippen LogP contribution >= 0.6 is 0 Å². The van der Waals surface area contributed by atoms with Crippen LogP contribution in [0.1, 0.15) is 43.4 Å². The molecule has 0 saturated heterocycles. The van der Waals surface area contributed by atoms with Crippen molar-refractivity contribution in [1.82, 2.24) is 10.3 Å². The Balaban J connectivity index is 2.89. The molecule has 0 aliphatic rings. The summed E-state index contributed by atoms with van der Waals surface area (Å²) >= 11 is 0. The Labute approximate surface area is 111 Å². The van der Waals surface area contributed by atoms with E-state index in [9.17, 15) is 13.2 Å². The fraction of sp³-hybridized carbons (Fsp3) is 0.615. The molecule has 6 heteroatoms. The van der Waals surface area contributed by atoms with E-state index < -0.39 is 18.6 Å². The first-order valence-corrected chi connectivity index (χ1v) is 6.36. The molecule has 1 aromatic heterocycles. The van der Waals surface area contributed by atoms with Gasteiger partial charge < -0.3 is 11.1 Å². The van der Waals surface area contributed by atoms with Crippen molar-refractivity contribution in [3.05, 3.63) is 23.4 Å². The highest BCUT2D eigenvalue weighted by Crippen LogP contribution is 2.31. The average Bonchev–Trinajstić information content (AvgIpc) is 2.30. The molecule has 0 aromatic carbocycles. The fourth-order valence-corrected chi connectivity index (χ4v) is 2.02. The number of nitrogens with two attached hydrogens (primary N) is 1. The SMILES string of the molecule is CCCNC(CCC(F)(F)F)c1c(C)ccnc1N. The number of rotatable bonds is 6. The largest absolute Gasteiger partial charge is 0.389 e. The lowest BCUT2D eigenvalue weighted by Crippen LogP contribution is -2.26. The lowest BCUT2D eigenvalue weighted by Gasteiger charge is -2.22. The molecule has 0 amide bonds.